The molecule has 0 aliphatic rings. The van der Waals surface area contributed by atoms with Crippen LogP contribution in [0.3, 0.4) is 0 Å². The average molecular weight is 472 g/mol. The van der Waals surface area contributed by atoms with Crippen molar-refractivity contribution >= 4 is 63.7 Å². The van der Waals surface area contributed by atoms with Crippen molar-refractivity contribution in [2.24, 2.45) is 0 Å². The molecule has 0 amide bonds. The first-order valence-corrected chi connectivity index (χ1v) is 11.2. The van der Waals surface area contributed by atoms with Crippen molar-refractivity contribution in [3.05, 3.63) is 60.7 Å². The zero-order valence-electron chi connectivity index (χ0n) is 16.4. The molecular weight excluding hydrogens is 462 g/mol. The summed E-state index contributed by atoms with van der Waals surface area (Å²) in [6.07, 6.45) is 0. The van der Waals surface area contributed by atoms with E-state index in [1.165, 1.54) is 24.3 Å². The molecule has 0 fully saturated rings. The second-order valence-electron chi connectivity index (χ2n) is 6.63. The van der Waals surface area contributed by atoms with Gasteiger partial charge in [0.2, 0.25) is 0 Å². The molecule has 0 aliphatic carbocycles. The van der Waals surface area contributed by atoms with Crippen molar-refractivity contribution in [3.63, 3.8) is 0 Å². The minimum absolute atomic E-state index is 0. The van der Waals surface area contributed by atoms with E-state index in [0.717, 1.165) is 0 Å². The number of benzene rings is 4. The number of furan rings is 1. The van der Waals surface area contributed by atoms with Gasteiger partial charge in [-0.25, -0.2) is 16.8 Å². The van der Waals surface area contributed by atoms with Gasteiger partial charge < -0.3 is 13.5 Å². The molecule has 1 heterocycles. The summed E-state index contributed by atoms with van der Waals surface area (Å²) >= 11 is 0. The maximum atomic E-state index is 11.8. The number of rotatable bonds is 2. The Morgan fingerprint density at radius 2 is 1.29 bits per heavy atom. The molecular formula is C20H10Na2O7S2. The summed E-state index contributed by atoms with van der Waals surface area (Å²) in [5.41, 5.74) is 0.664. The minimum atomic E-state index is -4.73. The number of hydrogen-bond acceptors (Lipinski definition) is 7. The standard InChI is InChI=1S/C20H12O7S2.2Na/c21-28(22,23)12-6-7-13-11(9-12)5-8-16-19(13)20-15-4-2-1-3-14(15)18(29(24,25)26)10-17(20)27-16;;/h1-10H,(H,21,22,23)(H,24,25,26);;/q;2*+1/p-2. The maximum Gasteiger partial charge on any atom is 1.00 e. The third-order valence-corrected chi connectivity index (χ3v) is 6.66. The van der Waals surface area contributed by atoms with Gasteiger partial charge >= 0.3 is 59.1 Å². The molecule has 0 spiro atoms. The van der Waals surface area contributed by atoms with Crippen molar-refractivity contribution in [3.8, 4) is 0 Å². The van der Waals surface area contributed by atoms with E-state index < -0.39 is 20.2 Å². The molecule has 31 heavy (non-hydrogen) atoms. The fourth-order valence-electron chi connectivity index (χ4n) is 3.77. The molecule has 0 radical (unpaired) electrons. The van der Waals surface area contributed by atoms with E-state index in [-0.39, 0.29) is 79.9 Å². The van der Waals surface area contributed by atoms with Crippen LogP contribution in [0.2, 0.25) is 0 Å². The average Bonchev–Trinajstić information content (AvgIpc) is 3.04. The largest absolute Gasteiger partial charge is 1.00 e. The van der Waals surface area contributed by atoms with Crippen molar-refractivity contribution in [1.29, 1.82) is 0 Å². The van der Waals surface area contributed by atoms with Crippen LogP contribution in [-0.2, 0) is 20.2 Å². The van der Waals surface area contributed by atoms with Gasteiger partial charge in [-0.2, -0.15) is 0 Å². The van der Waals surface area contributed by atoms with Crippen LogP contribution < -0.4 is 59.1 Å². The fourth-order valence-corrected chi connectivity index (χ4v) is 4.97. The van der Waals surface area contributed by atoms with E-state index in [0.29, 0.717) is 32.5 Å². The first-order chi connectivity index (χ1) is 13.6. The van der Waals surface area contributed by atoms with Crippen LogP contribution in [0.5, 0.6) is 0 Å². The van der Waals surface area contributed by atoms with Crippen molar-refractivity contribution in [2.75, 3.05) is 0 Å². The van der Waals surface area contributed by atoms with E-state index in [4.69, 9.17) is 4.42 Å². The third-order valence-electron chi connectivity index (χ3n) is 4.95. The molecule has 0 aliphatic heterocycles. The summed E-state index contributed by atoms with van der Waals surface area (Å²) in [6, 6.07) is 15.1. The number of fused-ring (bicyclic) bond motifs is 7. The summed E-state index contributed by atoms with van der Waals surface area (Å²) in [6.45, 7) is 0. The molecule has 11 heteroatoms. The Balaban J connectivity index is 0.00000136. The molecule has 0 saturated carbocycles. The molecule has 5 rings (SSSR count). The Labute approximate surface area is 221 Å². The minimum Gasteiger partial charge on any atom is -0.744 e. The molecule has 1 aromatic heterocycles. The van der Waals surface area contributed by atoms with Gasteiger partial charge in [0.15, 0.2) is 0 Å². The third kappa shape index (κ3) is 4.08. The smallest absolute Gasteiger partial charge is 0.744 e. The number of hydrogen-bond donors (Lipinski definition) is 0. The zero-order valence-corrected chi connectivity index (χ0v) is 22.1. The van der Waals surface area contributed by atoms with Gasteiger partial charge in [-0.3, -0.25) is 0 Å². The van der Waals surface area contributed by atoms with Gasteiger partial charge in [0.25, 0.3) is 0 Å². The summed E-state index contributed by atoms with van der Waals surface area (Å²) in [5.74, 6) is 0. The van der Waals surface area contributed by atoms with Crippen molar-refractivity contribution in [1.82, 2.24) is 0 Å². The van der Waals surface area contributed by atoms with Crippen LogP contribution in [0.15, 0.2) is 74.9 Å². The van der Waals surface area contributed by atoms with E-state index in [2.05, 4.69) is 0 Å². The fraction of sp³-hybridized carbons (Fsp3) is 0. The second kappa shape index (κ2) is 8.42. The molecule has 146 valence electrons. The van der Waals surface area contributed by atoms with Gasteiger partial charge in [-0.05, 0) is 40.4 Å². The van der Waals surface area contributed by atoms with Crippen molar-refractivity contribution in [2.45, 2.75) is 9.79 Å². The summed E-state index contributed by atoms with van der Waals surface area (Å²) < 4.78 is 75.2. The Bertz CT molecular complexity index is 1710. The van der Waals surface area contributed by atoms with Crippen LogP contribution in [0.25, 0.3) is 43.5 Å². The molecule has 0 atom stereocenters. The van der Waals surface area contributed by atoms with Crippen molar-refractivity contribution < 1.29 is 89.5 Å². The van der Waals surface area contributed by atoms with Gasteiger partial charge in [-0.1, -0.05) is 36.4 Å². The summed E-state index contributed by atoms with van der Waals surface area (Å²) in [5, 5.41) is 3.18. The predicted molar refractivity (Wildman–Crippen MR) is 105 cm³/mol. The van der Waals surface area contributed by atoms with Gasteiger partial charge in [-0.15, -0.1) is 0 Å². The zero-order chi connectivity index (χ0) is 20.6. The van der Waals surface area contributed by atoms with E-state index in [1.54, 1.807) is 36.4 Å². The first kappa shape index (κ1) is 24.7. The summed E-state index contributed by atoms with van der Waals surface area (Å²) in [7, 11) is -9.34. The topological polar surface area (TPSA) is 128 Å². The first-order valence-electron chi connectivity index (χ1n) is 8.37. The normalized spacial score (nSPS) is 12.2. The Kier molecular flexibility index (Phi) is 6.70. The van der Waals surface area contributed by atoms with Crippen LogP contribution in [0.4, 0.5) is 0 Å². The molecule has 5 aromatic rings. The van der Waals surface area contributed by atoms with Gasteiger partial charge in [0.1, 0.15) is 31.4 Å². The molecule has 4 aromatic carbocycles. The molecule has 0 N–H and O–H groups in total. The maximum absolute atomic E-state index is 11.8. The van der Waals surface area contributed by atoms with Crippen LogP contribution in [0.1, 0.15) is 0 Å². The van der Waals surface area contributed by atoms with Gasteiger partial charge in [0.05, 0.1) is 9.79 Å². The van der Waals surface area contributed by atoms with Gasteiger partial charge in [0, 0.05) is 16.2 Å². The SMILES string of the molecule is O=S(=O)([O-])c1ccc2c(ccc3oc4cc(S(=O)(=O)[O-])c5ccccc5c4c32)c1.[Na+].[Na+]. The van der Waals surface area contributed by atoms with E-state index >= 15 is 0 Å². The summed E-state index contributed by atoms with van der Waals surface area (Å²) in [4.78, 5) is -0.717. The molecule has 0 bridgehead atoms. The van der Waals surface area contributed by atoms with Crippen LogP contribution in [0, 0.1) is 0 Å². The molecule has 0 unspecified atom stereocenters. The Morgan fingerprint density at radius 3 is 1.94 bits per heavy atom. The molecule has 7 nitrogen and oxygen atoms in total. The van der Waals surface area contributed by atoms with Crippen LogP contribution >= 0.6 is 0 Å². The van der Waals surface area contributed by atoms with E-state index in [1.807, 2.05) is 0 Å². The predicted octanol–water partition coefficient (Wildman–Crippen LogP) is -2.29. The Morgan fingerprint density at radius 1 is 0.645 bits per heavy atom. The van der Waals surface area contributed by atoms with Crippen LogP contribution in [-0.4, -0.2) is 25.9 Å². The second-order valence-corrected chi connectivity index (χ2v) is 9.35. The van der Waals surface area contributed by atoms with E-state index in [9.17, 15) is 25.9 Å². The quantitative estimate of drug-likeness (QED) is 0.209. The Hall–Kier alpha value is -0.980. The molecule has 0 saturated heterocycles. The monoisotopic (exact) mass is 472 g/mol.